The molecule has 2 unspecified atom stereocenters. The van der Waals surface area contributed by atoms with Gasteiger partial charge in [0.2, 0.25) is 5.90 Å². The molecule has 0 aromatic heterocycles. The van der Waals surface area contributed by atoms with Gasteiger partial charge < -0.3 is 24.6 Å². The number of nitrogens with one attached hydrogen (secondary N) is 1. The lowest BCUT2D eigenvalue weighted by molar-refractivity contribution is 0.120. The number of methoxy groups -OCH3 is 2. The third kappa shape index (κ3) is 4.80. The number of nitrogens with zero attached hydrogens (tertiary/aromatic N) is 1. The van der Waals surface area contributed by atoms with Gasteiger partial charge in [0.15, 0.2) is 0 Å². The molecular weight excluding hydrogens is 336 g/mol. The maximum atomic E-state index is 11.5. The minimum absolute atomic E-state index is 0.0488. The lowest BCUT2D eigenvalue weighted by Gasteiger charge is -2.39. The molecule has 144 valence electrons. The van der Waals surface area contributed by atoms with E-state index in [0.717, 1.165) is 12.0 Å². The molecule has 7 nitrogen and oxygen atoms in total. The lowest BCUT2D eigenvalue weighted by atomic mass is 9.89. The summed E-state index contributed by atoms with van der Waals surface area (Å²) < 4.78 is 16.6. The number of hydrogen-bond donors (Lipinski definition) is 2. The number of rotatable bonds is 6. The molecule has 2 N–H and O–H groups in total. The van der Waals surface area contributed by atoms with Crippen molar-refractivity contribution in [1.29, 1.82) is 0 Å². The fourth-order valence-corrected chi connectivity index (χ4v) is 3.32. The van der Waals surface area contributed by atoms with Crippen LogP contribution in [-0.4, -0.2) is 48.5 Å². The molecule has 0 radical (unpaired) electrons. The molecule has 0 spiro atoms. The van der Waals surface area contributed by atoms with Crippen LogP contribution in [0.1, 0.15) is 39.7 Å². The van der Waals surface area contributed by atoms with E-state index in [0.29, 0.717) is 23.8 Å². The predicted octanol–water partition coefficient (Wildman–Crippen LogP) is 3.26. The second kappa shape index (κ2) is 7.43. The average molecular weight is 364 g/mol. The molecule has 1 heterocycles. The Morgan fingerprint density at radius 3 is 2.38 bits per heavy atom. The van der Waals surface area contributed by atoms with E-state index in [1.807, 2.05) is 32.9 Å². The zero-order valence-corrected chi connectivity index (χ0v) is 16.3. The van der Waals surface area contributed by atoms with Crippen LogP contribution in [0, 0.1) is 0 Å². The van der Waals surface area contributed by atoms with E-state index in [1.165, 1.54) is 0 Å². The Bertz CT molecular complexity index is 679. The molecule has 7 heteroatoms. The van der Waals surface area contributed by atoms with Crippen LogP contribution in [0.2, 0.25) is 0 Å². The molecule has 2 atom stereocenters. The van der Waals surface area contributed by atoms with Crippen molar-refractivity contribution in [1.82, 2.24) is 5.32 Å². The Hall–Kier alpha value is -2.44. The largest absolute Gasteiger partial charge is 0.497 e. The SMILES string of the molecule is COc1cc(CC(C)(NC(=O)O)C2=NC(C)(C)CC(C)O2)cc(OC)c1. The van der Waals surface area contributed by atoms with Crippen molar-refractivity contribution in [2.24, 2.45) is 4.99 Å². The summed E-state index contributed by atoms with van der Waals surface area (Å²) in [5.74, 6) is 1.67. The Labute approximate surface area is 154 Å². The van der Waals surface area contributed by atoms with Gasteiger partial charge in [-0.05, 0) is 45.4 Å². The molecular formula is C19H28N2O5. The molecule has 0 saturated carbocycles. The van der Waals surface area contributed by atoms with E-state index < -0.39 is 11.6 Å². The minimum atomic E-state index is -1.13. The predicted molar refractivity (Wildman–Crippen MR) is 99.5 cm³/mol. The van der Waals surface area contributed by atoms with Crippen molar-refractivity contribution >= 4 is 12.0 Å². The molecule has 2 rings (SSSR count). The van der Waals surface area contributed by atoms with Gasteiger partial charge in [-0.25, -0.2) is 9.79 Å². The first-order valence-electron chi connectivity index (χ1n) is 8.57. The summed E-state index contributed by atoms with van der Waals surface area (Å²) in [7, 11) is 3.15. The van der Waals surface area contributed by atoms with Gasteiger partial charge >= 0.3 is 6.09 Å². The van der Waals surface area contributed by atoms with Crippen LogP contribution in [0.15, 0.2) is 23.2 Å². The van der Waals surface area contributed by atoms with Gasteiger partial charge in [0, 0.05) is 18.9 Å². The number of hydrogen-bond acceptors (Lipinski definition) is 5. The zero-order valence-electron chi connectivity index (χ0n) is 16.3. The molecule has 0 fully saturated rings. The van der Waals surface area contributed by atoms with Crippen LogP contribution >= 0.6 is 0 Å². The Morgan fingerprint density at radius 1 is 1.35 bits per heavy atom. The smallest absolute Gasteiger partial charge is 0.405 e. The maximum Gasteiger partial charge on any atom is 0.405 e. The number of carboxylic acid groups (broad SMARTS) is 1. The summed E-state index contributed by atoms with van der Waals surface area (Å²) in [4.78, 5) is 16.1. The van der Waals surface area contributed by atoms with Gasteiger partial charge in [-0.1, -0.05) is 0 Å². The third-order valence-electron chi connectivity index (χ3n) is 4.33. The van der Waals surface area contributed by atoms with Gasteiger partial charge in [0.25, 0.3) is 0 Å². The van der Waals surface area contributed by atoms with E-state index in [4.69, 9.17) is 14.2 Å². The van der Waals surface area contributed by atoms with E-state index >= 15 is 0 Å². The number of aliphatic imine (C=N–C) groups is 1. The fraction of sp³-hybridized carbons (Fsp3) is 0.579. The second-order valence-electron chi connectivity index (χ2n) is 7.52. The molecule has 1 aliphatic rings. The van der Waals surface area contributed by atoms with Crippen molar-refractivity contribution in [3.63, 3.8) is 0 Å². The van der Waals surface area contributed by atoms with Crippen LogP contribution in [0.5, 0.6) is 11.5 Å². The molecule has 0 aliphatic carbocycles. The van der Waals surface area contributed by atoms with E-state index in [-0.39, 0.29) is 11.6 Å². The van der Waals surface area contributed by atoms with Gasteiger partial charge in [-0.2, -0.15) is 0 Å². The van der Waals surface area contributed by atoms with Crippen LogP contribution in [0.4, 0.5) is 4.79 Å². The molecule has 1 aliphatic heterocycles. The quantitative estimate of drug-likeness (QED) is 0.809. The Kier molecular flexibility index (Phi) is 5.68. The summed E-state index contributed by atoms with van der Waals surface area (Å²) in [6.07, 6.45) is -0.0711. The van der Waals surface area contributed by atoms with Gasteiger partial charge in [0.1, 0.15) is 17.0 Å². The number of ether oxygens (including phenoxy) is 3. The maximum absolute atomic E-state index is 11.5. The standard InChI is InChI=1S/C19H28N2O5/c1-12-10-18(2,3)20-16(26-12)19(4,21-17(22)23)11-13-7-14(24-5)9-15(8-13)25-6/h7-9,12,21H,10-11H2,1-6H3,(H,22,23). The van der Waals surface area contributed by atoms with Crippen molar-refractivity contribution in [2.45, 2.75) is 57.7 Å². The van der Waals surface area contributed by atoms with Crippen LogP contribution in [0.25, 0.3) is 0 Å². The summed E-state index contributed by atoms with van der Waals surface area (Å²) in [5.41, 5.74) is -0.491. The topological polar surface area (TPSA) is 89.4 Å². The van der Waals surface area contributed by atoms with Crippen molar-refractivity contribution in [3.05, 3.63) is 23.8 Å². The first-order chi connectivity index (χ1) is 12.1. The monoisotopic (exact) mass is 364 g/mol. The molecule has 1 aromatic carbocycles. The number of benzene rings is 1. The summed E-state index contributed by atoms with van der Waals surface area (Å²) in [6.45, 7) is 7.77. The summed E-state index contributed by atoms with van der Waals surface area (Å²) in [6, 6.07) is 5.47. The van der Waals surface area contributed by atoms with E-state index in [2.05, 4.69) is 10.3 Å². The van der Waals surface area contributed by atoms with Gasteiger partial charge in [-0.3, -0.25) is 0 Å². The van der Waals surface area contributed by atoms with E-state index in [9.17, 15) is 9.90 Å². The highest BCUT2D eigenvalue weighted by Gasteiger charge is 2.40. The highest BCUT2D eigenvalue weighted by atomic mass is 16.5. The number of carbonyl (C=O) groups is 1. The third-order valence-corrected chi connectivity index (χ3v) is 4.33. The second-order valence-corrected chi connectivity index (χ2v) is 7.52. The fourth-order valence-electron chi connectivity index (χ4n) is 3.32. The molecule has 0 saturated heterocycles. The number of amides is 1. The normalized spacial score (nSPS) is 21.0. The highest BCUT2D eigenvalue weighted by molar-refractivity contribution is 5.90. The lowest BCUT2D eigenvalue weighted by Crippen LogP contribution is -2.57. The highest BCUT2D eigenvalue weighted by Crippen LogP contribution is 2.31. The first kappa shape index (κ1) is 19.9. The summed E-state index contributed by atoms with van der Waals surface area (Å²) in [5, 5.41) is 12.0. The van der Waals surface area contributed by atoms with Crippen LogP contribution < -0.4 is 14.8 Å². The first-order valence-corrected chi connectivity index (χ1v) is 8.57. The van der Waals surface area contributed by atoms with Gasteiger partial charge in [-0.15, -0.1) is 0 Å². The molecule has 1 aromatic rings. The molecule has 26 heavy (non-hydrogen) atoms. The minimum Gasteiger partial charge on any atom is -0.497 e. The Balaban J connectivity index is 2.44. The van der Waals surface area contributed by atoms with E-state index in [1.54, 1.807) is 27.2 Å². The molecule has 1 amide bonds. The Morgan fingerprint density at radius 2 is 1.92 bits per heavy atom. The van der Waals surface area contributed by atoms with Crippen molar-refractivity contribution in [3.8, 4) is 11.5 Å². The summed E-state index contributed by atoms with van der Waals surface area (Å²) >= 11 is 0. The van der Waals surface area contributed by atoms with Crippen molar-refractivity contribution < 1.29 is 24.1 Å². The van der Waals surface area contributed by atoms with Gasteiger partial charge in [0.05, 0.1) is 25.9 Å². The zero-order chi connectivity index (χ0) is 19.5. The molecule has 0 bridgehead atoms. The van der Waals surface area contributed by atoms with Crippen LogP contribution in [0.3, 0.4) is 0 Å². The average Bonchev–Trinajstić information content (AvgIpc) is 2.51. The van der Waals surface area contributed by atoms with Crippen LogP contribution in [-0.2, 0) is 11.2 Å². The van der Waals surface area contributed by atoms with Crippen molar-refractivity contribution in [2.75, 3.05) is 14.2 Å².